The van der Waals surface area contributed by atoms with E-state index in [0.29, 0.717) is 16.8 Å². The lowest BCUT2D eigenvalue weighted by Gasteiger charge is -2.18. The molecule has 112 valence electrons. The van der Waals surface area contributed by atoms with Crippen LogP contribution in [0.15, 0.2) is 28.8 Å². The number of nitrogens with two attached hydrogens (primary N) is 1. The summed E-state index contributed by atoms with van der Waals surface area (Å²) >= 11 is 6.11. The van der Waals surface area contributed by atoms with Crippen molar-refractivity contribution in [3.63, 3.8) is 0 Å². The molecule has 3 rings (SSSR count). The van der Waals surface area contributed by atoms with Crippen LogP contribution in [0.25, 0.3) is 11.1 Å². The van der Waals surface area contributed by atoms with E-state index in [1.54, 1.807) is 0 Å². The zero-order valence-corrected chi connectivity index (χ0v) is 12.9. The summed E-state index contributed by atoms with van der Waals surface area (Å²) in [7, 11) is 0. The van der Waals surface area contributed by atoms with Crippen molar-refractivity contribution in [1.82, 2.24) is 5.16 Å². The summed E-state index contributed by atoms with van der Waals surface area (Å²) in [6, 6.07) is 7.74. The molecule has 0 saturated heterocycles. The Hall–Kier alpha value is -1.48. The van der Waals surface area contributed by atoms with Crippen LogP contribution in [-0.2, 0) is 0 Å². The van der Waals surface area contributed by atoms with Gasteiger partial charge in [0.15, 0.2) is 0 Å². The van der Waals surface area contributed by atoms with Gasteiger partial charge in [-0.1, -0.05) is 61.0 Å². The topological polar surface area (TPSA) is 52.0 Å². The van der Waals surface area contributed by atoms with Crippen molar-refractivity contribution in [3.8, 4) is 11.1 Å². The number of benzene rings is 1. The Bertz CT molecular complexity index is 601. The first-order valence-corrected chi connectivity index (χ1v) is 8.14. The molecule has 4 heteroatoms. The highest BCUT2D eigenvalue weighted by Crippen LogP contribution is 2.39. The van der Waals surface area contributed by atoms with Gasteiger partial charge in [0.25, 0.3) is 0 Å². The molecule has 3 nitrogen and oxygen atoms in total. The zero-order valence-electron chi connectivity index (χ0n) is 12.1. The average Bonchev–Trinajstić information content (AvgIpc) is 2.80. The van der Waals surface area contributed by atoms with Gasteiger partial charge in [-0.15, -0.1) is 0 Å². The van der Waals surface area contributed by atoms with E-state index in [1.165, 1.54) is 44.9 Å². The number of nitrogens with zero attached hydrogens (tertiary/aromatic N) is 1. The van der Waals surface area contributed by atoms with E-state index in [2.05, 4.69) is 5.16 Å². The van der Waals surface area contributed by atoms with Gasteiger partial charge >= 0.3 is 0 Å². The lowest BCUT2D eigenvalue weighted by atomic mass is 9.86. The predicted molar refractivity (Wildman–Crippen MR) is 86.4 cm³/mol. The molecule has 2 N–H and O–H groups in total. The molecule has 0 atom stereocenters. The van der Waals surface area contributed by atoms with Crippen LogP contribution in [0.3, 0.4) is 0 Å². The summed E-state index contributed by atoms with van der Waals surface area (Å²) in [5.74, 6) is 0.842. The maximum absolute atomic E-state index is 6.11. The van der Waals surface area contributed by atoms with Crippen molar-refractivity contribution in [2.45, 2.75) is 50.9 Å². The van der Waals surface area contributed by atoms with Crippen LogP contribution in [0.2, 0.25) is 5.02 Å². The largest absolute Gasteiger partial charge is 0.367 e. The Labute approximate surface area is 130 Å². The average molecular weight is 305 g/mol. The molecule has 21 heavy (non-hydrogen) atoms. The van der Waals surface area contributed by atoms with Crippen molar-refractivity contribution < 1.29 is 4.52 Å². The number of nitrogen functional groups attached to an aromatic ring is 1. The van der Waals surface area contributed by atoms with Gasteiger partial charge in [0, 0.05) is 10.9 Å². The lowest BCUT2D eigenvalue weighted by Crippen LogP contribution is -2.04. The number of rotatable bonds is 2. The van der Waals surface area contributed by atoms with Gasteiger partial charge < -0.3 is 10.3 Å². The SMILES string of the molecule is Nc1onc(C2CCCCCCC2)c1-c1cccc(Cl)c1. The molecular formula is C17H21ClN2O. The molecule has 1 heterocycles. The highest BCUT2D eigenvalue weighted by Gasteiger charge is 2.24. The number of halogens is 1. The van der Waals surface area contributed by atoms with Gasteiger partial charge in [-0.2, -0.15) is 0 Å². The molecule has 0 aliphatic heterocycles. The second-order valence-electron chi connectivity index (χ2n) is 5.86. The van der Waals surface area contributed by atoms with Crippen LogP contribution in [0.1, 0.15) is 56.6 Å². The minimum absolute atomic E-state index is 0.398. The number of aromatic nitrogens is 1. The van der Waals surface area contributed by atoms with Crippen LogP contribution in [0.4, 0.5) is 5.88 Å². The third-order valence-electron chi connectivity index (χ3n) is 4.35. The molecule has 0 radical (unpaired) electrons. The fourth-order valence-electron chi connectivity index (χ4n) is 3.26. The van der Waals surface area contributed by atoms with Crippen molar-refractivity contribution in [2.75, 3.05) is 5.73 Å². The van der Waals surface area contributed by atoms with E-state index in [-0.39, 0.29) is 0 Å². The summed E-state index contributed by atoms with van der Waals surface area (Å²) < 4.78 is 5.30. The summed E-state index contributed by atoms with van der Waals surface area (Å²) in [5, 5.41) is 4.98. The summed E-state index contributed by atoms with van der Waals surface area (Å²) in [6.45, 7) is 0. The Kier molecular flexibility index (Phi) is 4.49. The van der Waals surface area contributed by atoms with Crippen LogP contribution < -0.4 is 5.73 Å². The summed E-state index contributed by atoms with van der Waals surface area (Å²) in [6.07, 6.45) is 8.83. The standard InChI is InChI=1S/C17H21ClN2O/c18-14-10-6-9-13(11-14)15-16(20-21-17(15)19)12-7-4-2-1-3-5-8-12/h6,9-12H,1-5,7-8,19H2. The zero-order chi connectivity index (χ0) is 14.7. The van der Waals surface area contributed by atoms with E-state index in [0.717, 1.165) is 16.8 Å². The van der Waals surface area contributed by atoms with Gasteiger partial charge in [-0.05, 0) is 30.5 Å². The number of hydrogen-bond acceptors (Lipinski definition) is 3. The number of hydrogen-bond donors (Lipinski definition) is 1. The second-order valence-corrected chi connectivity index (χ2v) is 6.30. The lowest BCUT2D eigenvalue weighted by molar-refractivity contribution is 0.395. The molecule has 0 unspecified atom stereocenters. The molecule has 2 aromatic rings. The fourth-order valence-corrected chi connectivity index (χ4v) is 3.45. The molecule has 0 amide bonds. The first-order valence-electron chi connectivity index (χ1n) is 7.76. The molecule has 0 bridgehead atoms. The minimum Gasteiger partial charge on any atom is -0.367 e. The first kappa shape index (κ1) is 14.5. The smallest absolute Gasteiger partial charge is 0.230 e. The molecule has 1 aromatic heterocycles. The molecular weight excluding hydrogens is 284 g/mol. The van der Waals surface area contributed by atoms with Gasteiger partial charge in [0.05, 0.1) is 11.3 Å². The van der Waals surface area contributed by atoms with Crippen LogP contribution in [0.5, 0.6) is 0 Å². The van der Waals surface area contributed by atoms with Gasteiger partial charge in [0.2, 0.25) is 5.88 Å². The fraction of sp³-hybridized carbons (Fsp3) is 0.471. The van der Waals surface area contributed by atoms with Crippen molar-refractivity contribution >= 4 is 17.5 Å². The van der Waals surface area contributed by atoms with E-state index in [1.807, 2.05) is 24.3 Å². The van der Waals surface area contributed by atoms with Gasteiger partial charge in [0.1, 0.15) is 0 Å². The molecule has 1 aliphatic rings. The minimum atomic E-state index is 0.398. The van der Waals surface area contributed by atoms with E-state index < -0.39 is 0 Å². The van der Waals surface area contributed by atoms with E-state index in [9.17, 15) is 0 Å². The van der Waals surface area contributed by atoms with Crippen LogP contribution >= 0.6 is 11.6 Å². The van der Waals surface area contributed by atoms with Crippen molar-refractivity contribution in [3.05, 3.63) is 35.0 Å². The normalized spacial score (nSPS) is 17.4. The quantitative estimate of drug-likeness (QED) is 0.807. The first-order chi connectivity index (χ1) is 10.3. The number of anilines is 1. The van der Waals surface area contributed by atoms with E-state index in [4.69, 9.17) is 21.9 Å². The predicted octanol–water partition coefficient (Wildman–Crippen LogP) is 5.41. The summed E-state index contributed by atoms with van der Waals surface area (Å²) in [5.41, 5.74) is 8.97. The molecule has 1 saturated carbocycles. The molecule has 1 fully saturated rings. The van der Waals surface area contributed by atoms with Crippen molar-refractivity contribution in [1.29, 1.82) is 0 Å². The van der Waals surface area contributed by atoms with E-state index >= 15 is 0 Å². The van der Waals surface area contributed by atoms with Crippen LogP contribution in [-0.4, -0.2) is 5.16 Å². The van der Waals surface area contributed by atoms with Gasteiger partial charge in [-0.3, -0.25) is 0 Å². The van der Waals surface area contributed by atoms with Crippen molar-refractivity contribution in [2.24, 2.45) is 0 Å². The highest BCUT2D eigenvalue weighted by atomic mass is 35.5. The van der Waals surface area contributed by atoms with Crippen LogP contribution in [0, 0.1) is 0 Å². The second kappa shape index (κ2) is 6.52. The molecule has 1 aliphatic carbocycles. The Morgan fingerprint density at radius 3 is 2.52 bits per heavy atom. The Morgan fingerprint density at radius 1 is 1.10 bits per heavy atom. The molecule has 1 aromatic carbocycles. The monoisotopic (exact) mass is 304 g/mol. The maximum Gasteiger partial charge on any atom is 0.230 e. The van der Waals surface area contributed by atoms with Gasteiger partial charge in [-0.25, -0.2) is 0 Å². The Balaban J connectivity index is 1.96. The molecule has 0 spiro atoms. The summed E-state index contributed by atoms with van der Waals surface area (Å²) in [4.78, 5) is 0. The Morgan fingerprint density at radius 2 is 1.81 bits per heavy atom. The maximum atomic E-state index is 6.11. The third-order valence-corrected chi connectivity index (χ3v) is 4.59. The highest BCUT2D eigenvalue weighted by molar-refractivity contribution is 6.30. The third kappa shape index (κ3) is 3.24.